The third-order valence-corrected chi connectivity index (χ3v) is 3.21. The first-order valence-corrected chi connectivity index (χ1v) is 7.43. The molecular weight excluding hydrogens is 324 g/mol. The Kier molecular flexibility index (Phi) is 11.1. The molecule has 0 aliphatic carbocycles. The number of methoxy groups -OCH3 is 4. The first-order valence-electron chi connectivity index (χ1n) is 7.43. The summed E-state index contributed by atoms with van der Waals surface area (Å²) in [4.78, 5) is 0. The molecule has 0 aromatic rings. The van der Waals surface area contributed by atoms with Crippen molar-refractivity contribution in [1.82, 2.24) is 0 Å². The molecule has 1 saturated heterocycles. The van der Waals surface area contributed by atoms with Crippen molar-refractivity contribution in [1.29, 1.82) is 0 Å². The summed E-state index contributed by atoms with van der Waals surface area (Å²) in [7, 11) is 6.13. The molecule has 2 unspecified atom stereocenters. The summed E-state index contributed by atoms with van der Waals surface area (Å²) in [5, 5.41) is 0. The van der Waals surface area contributed by atoms with Crippen LogP contribution >= 0.6 is 0 Å². The van der Waals surface area contributed by atoms with Crippen LogP contribution in [0.1, 0.15) is 0 Å². The molecule has 0 saturated carbocycles. The van der Waals surface area contributed by atoms with Crippen molar-refractivity contribution in [2.75, 3.05) is 62.2 Å². The normalized spacial score (nSPS) is 27.2. The second-order valence-electron chi connectivity index (χ2n) is 4.97. The summed E-state index contributed by atoms with van der Waals surface area (Å²) in [5.74, 6) is 0.399. The smallest absolute Gasteiger partial charge is 0.150 e. The van der Waals surface area contributed by atoms with Gasteiger partial charge in [0.25, 0.3) is 0 Å². The molecule has 0 aromatic carbocycles. The predicted molar refractivity (Wildman–Crippen MR) is 82.1 cm³/mol. The zero-order valence-corrected chi connectivity index (χ0v) is 14.7. The molecule has 1 heterocycles. The summed E-state index contributed by atoms with van der Waals surface area (Å²) in [6.07, 6.45) is -2.11. The first kappa shape index (κ1) is 21.3. The highest BCUT2D eigenvalue weighted by molar-refractivity contribution is 5.07. The van der Waals surface area contributed by atoms with Gasteiger partial charge in [-0.05, 0) is 0 Å². The van der Waals surface area contributed by atoms with Crippen molar-refractivity contribution >= 4 is 0 Å². The summed E-state index contributed by atoms with van der Waals surface area (Å²) in [6, 6.07) is 0. The molecule has 142 valence electrons. The maximum absolute atomic E-state index is 5.81. The van der Waals surface area contributed by atoms with E-state index in [-0.39, 0.29) is 33.8 Å². The molecule has 1 aliphatic heterocycles. The summed E-state index contributed by atoms with van der Waals surface area (Å²) in [5.41, 5.74) is 0. The fraction of sp³-hybridized carbons (Fsp3) is 0.867. The fourth-order valence-corrected chi connectivity index (χ4v) is 2.28. The molecule has 0 spiro atoms. The van der Waals surface area contributed by atoms with Crippen LogP contribution < -0.4 is 0 Å². The predicted octanol–water partition coefficient (Wildman–Crippen LogP) is 0.487. The zero-order chi connectivity index (χ0) is 17.8. The van der Waals surface area contributed by atoms with Gasteiger partial charge in [-0.15, -0.1) is 0 Å². The van der Waals surface area contributed by atoms with E-state index in [2.05, 4.69) is 6.58 Å². The number of hydrogen-bond donors (Lipinski definition) is 0. The SMILES string of the molecule is C=C1OC(COCOC)[C@@H](OCOC)[C@H](OCOC)C1OCOC. The molecule has 0 amide bonds. The van der Waals surface area contributed by atoms with Crippen LogP contribution in [-0.4, -0.2) is 86.6 Å². The van der Waals surface area contributed by atoms with Crippen LogP contribution in [0.2, 0.25) is 0 Å². The lowest BCUT2D eigenvalue weighted by Gasteiger charge is -2.42. The van der Waals surface area contributed by atoms with E-state index in [9.17, 15) is 0 Å². The monoisotopic (exact) mass is 352 g/mol. The van der Waals surface area contributed by atoms with Gasteiger partial charge in [0.15, 0.2) is 6.10 Å². The molecule has 4 atom stereocenters. The Labute approximate surface area is 142 Å². The number of ether oxygens (including phenoxy) is 9. The minimum absolute atomic E-state index is 0.0573. The molecule has 9 nitrogen and oxygen atoms in total. The summed E-state index contributed by atoms with van der Waals surface area (Å²) in [6.45, 7) is 4.44. The molecule has 1 aliphatic rings. The van der Waals surface area contributed by atoms with Gasteiger partial charge < -0.3 is 42.6 Å². The van der Waals surface area contributed by atoms with Gasteiger partial charge in [0.05, 0.1) is 6.61 Å². The van der Waals surface area contributed by atoms with E-state index in [1.54, 1.807) is 7.11 Å². The average Bonchev–Trinajstić information content (AvgIpc) is 2.58. The zero-order valence-electron chi connectivity index (χ0n) is 14.7. The molecule has 0 bridgehead atoms. The van der Waals surface area contributed by atoms with E-state index in [1.165, 1.54) is 21.3 Å². The van der Waals surface area contributed by atoms with Gasteiger partial charge in [-0.1, -0.05) is 6.58 Å². The third-order valence-electron chi connectivity index (χ3n) is 3.21. The standard InChI is InChI=1S/C15H28O9/c1-11-13(21-8-17-3)15(23-10-19-5)14(22-9-18-4)12(24-11)6-20-7-16-2/h12-15H,1,6-10H2,2-5H3/t12?,13?,14-,15-/m1/s1. The van der Waals surface area contributed by atoms with Crippen molar-refractivity contribution < 1.29 is 42.6 Å². The van der Waals surface area contributed by atoms with Crippen molar-refractivity contribution in [3.05, 3.63) is 12.3 Å². The third kappa shape index (κ3) is 6.61. The highest BCUT2D eigenvalue weighted by Crippen LogP contribution is 2.30. The van der Waals surface area contributed by atoms with Crippen molar-refractivity contribution in [3.63, 3.8) is 0 Å². The Hall–Kier alpha value is -0.780. The highest BCUT2D eigenvalue weighted by atomic mass is 16.7. The van der Waals surface area contributed by atoms with Crippen LogP contribution in [0, 0.1) is 0 Å². The van der Waals surface area contributed by atoms with E-state index in [1.807, 2.05) is 0 Å². The van der Waals surface area contributed by atoms with E-state index >= 15 is 0 Å². The lowest BCUT2D eigenvalue weighted by molar-refractivity contribution is -0.258. The van der Waals surface area contributed by atoms with Gasteiger partial charge in [-0.25, -0.2) is 0 Å². The molecule has 0 N–H and O–H groups in total. The molecule has 0 radical (unpaired) electrons. The molecular formula is C15H28O9. The second kappa shape index (κ2) is 12.6. The van der Waals surface area contributed by atoms with Crippen molar-refractivity contribution in [2.24, 2.45) is 0 Å². The van der Waals surface area contributed by atoms with E-state index in [4.69, 9.17) is 42.6 Å². The van der Waals surface area contributed by atoms with E-state index in [0.717, 1.165) is 0 Å². The molecule has 24 heavy (non-hydrogen) atoms. The molecule has 0 aromatic heterocycles. The van der Waals surface area contributed by atoms with Gasteiger partial charge >= 0.3 is 0 Å². The maximum Gasteiger partial charge on any atom is 0.150 e. The Bertz CT molecular complexity index is 339. The molecule has 9 heteroatoms. The van der Waals surface area contributed by atoms with Gasteiger partial charge in [0.1, 0.15) is 51.2 Å². The van der Waals surface area contributed by atoms with Crippen LogP contribution in [-0.2, 0) is 42.6 Å². The van der Waals surface area contributed by atoms with Crippen molar-refractivity contribution in [3.8, 4) is 0 Å². The minimum Gasteiger partial charge on any atom is -0.487 e. The largest absolute Gasteiger partial charge is 0.487 e. The Morgan fingerprint density at radius 2 is 1.33 bits per heavy atom. The average molecular weight is 352 g/mol. The Morgan fingerprint density at radius 1 is 0.792 bits per heavy atom. The van der Waals surface area contributed by atoms with Crippen LogP contribution in [0.3, 0.4) is 0 Å². The quantitative estimate of drug-likeness (QED) is 0.347. The summed E-state index contributed by atoms with van der Waals surface area (Å²) < 4.78 is 48.1. The van der Waals surface area contributed by atoms with Gasteiger partial charge in [-0.3, -0.25) is 0 Å². The fourth-order valence-electron chi connectivity index (χ4n) is 2.28. The Balaban J connectivity index is 2.87. The van der Waals surface area contributed by atoms with Gasteiger partial charge in [-0.2, -0.15) is 0 Å². The lowest BCUT2D eigenvalue weighted by Crippen LogP contribution is -2.56. The maximum atomic E-state index is 5.81. The Morgan fingerprint density at radius 3 is 1.92 bits per heavy atom. The second-order valence-corrected chi connectivity index (χ2v) is 4.97. The number of hydrogen-bond acceptors (Lipinski definition) is 9. The summed E-state index contributed by atoms with van der Waals surface area (Å²) >= 11 is 0. The molecule has 1 rings (SSSR count). The van der Waals surface area contributed by atoms with Gasteiger partial charge in [0.2, 0.25) is 0 Å². The van der Waals surface area contributed by atoms with Crippen LogP contribution in [0.5, 0.6) is 0 Å². The topological polar surface area (TPSA) is 83.1 Å². The van der Waals surface area contributed by atoms with Crippen LogP contribution in [0.4, 0.5) is 0 Å². The number of rotatable bonds is 13. The highest BCUT2D eigenvalue weighted by Gasteiger charge is 2.46. The first-order chi connectivity index (χ1) is 11.7. The van der Waals surface area contributed by atoms with E-state index in [0.29, 0.717) is 5.76 Å². The minimum atomic E-state index is -0.583. The van der Waals surface area contributed by atoms with E-state index < -0.39 is 24.4 Å². The molecule has 1 fully saturated rings. The van der Waals surface area contributed by atoms with Crippen molar-refractivity contribution in [2.45, 2.75) is 24.4 Å². The van der Waals surface area contributed by atoms with Crippen LogP contribution in [0.25, 0.3) is 0 Å². The van der Waals surface area contributed by atoms with Gasteiger partial charge in [0, 0.05) is 28.4 Å². The lowest BCUT2D eigenvalue weighted by atomic mass is 9.98. The van der Waals surface area contributed by atoms with Crippen LogP contribution in [0.15, 0.2) is 12.3 Å².